The Morgan fingerprint density at radius 3 is 2.60 bits per heavy atom. The van der Waals surface area contributed by atoms with E-state index in [9.17, 15) is 13.2 Å². The molecule has 0 aromatic heterocycles. The summed E-state index contributed by atoms with van der Waals surface area (Å²) in [4.78, 5) is 14.1. The summed E-state index contributed by atoms with van der Waals surface area (Å²) < 4.78 is 25.9. The summed E-state index contributed by atoms with van der Waals surface area (Å²) in [6.07, 6.45) is 0.772. The Balaban J connectivity index is 2.31. The minimum atomic E-state index is -3.44. The van der Waals surface area contributed by atoms with Crippen LogP contribution in [0.25, 0.3) is 0 Å². The standard InChI is InChI=1S/C14H20N2O3S/c1-10(2)14(17)16-7-6-11-4-5-13(8-12(11)9-16)20(18,19)15-3/h4-5,8,10,15H,6-7,9H2,1-3H3. The van der Waals surface area contributed by atoms with E-state index in [1.54, 1.807) is 17.0 Å². The second kappa shape index (κ2) is 5.54. The topological polar surface area (TPSA) is 66.5 Å². The molecule has 20 heavy (non-hydrogen) atoms. The van der Waals surface area contributed by atoms with Gasteiger partial charge in [0.1, 0.15) is 0 Å². The predicted octanol–water partition coefficient (Wildman–Crippen LogP) is 1.14. The molecule has 0 aliphatic carbocycles. The van der Waals surface area contributed by atoms with Gasteiger partial charge in [0.2, 0.25) is 15.9 Å². The number of hydrogen-bond acceptors (Lipinski definition) is 3. The van der Waals surface area contributed by atoms with Gasteiger partial charge in [-0.2, -0.15) is 0 Å². The molecule has 0 saturated carbocycles. The minimum Gasteiger partial charge on any atom is -0.338 e. The van der Waals surface area contributed by atoms with Crippen LogP contribution < -0.4 is 4.72 Å². The fraction of sp³-hybridized carbons (Fsp3) is 0.500. The van der Waals surface area contributed by atoms with Gasteiger partial charge in [0.25, 0.3) is 0 Å². The zero-order chi connectivity index (χ0) is 14.9. The fourth-order valence-electron chi connectivity index (χ4n) is 2.37. The summed E-state index contributed by atoms with van der Waals surface area (Å²) in [5, 5.41) is 0. The van der Waals surface area contributed by atoms with E-state index >= 15 is 0 Å². The largest absolute Gasteiger partial charge is 0.338 e. The van der Waals surface area contributed by atoms with Crippen LogP contribution in [0.3, 0.4) is 0 Å². The summed E-state index contributed by atoms with van der Waals surface area (Å²) in [6, 6.07) is 5.13. The average molecular weight is 296 g/mol. The lowest BCUT2D eigenvalue weighted by Gasteiger charge is -2.30. The highest BCUT2D eigenvalue weighted by Crippen LogP contribution is 2.23. The molecule has 2 rings (SSSR count). The molecule has 1 heterocycles. The molecule has 1 N–H and O–H groups in total. The molecule has 6 heteroatoms. The molecule has 0 fully saturated rings. The maximum absolute atomic E-state index is 12.0. The number of carbonyl (C=O) groups excluding carboxylic acids is 1. The highest BCUT2D eigenvalue weighted by atomic mass is 32.2. The van der Waals surface area contributed by atoms with Crippen LogP contribution in [0.2, 0.25) is 0 Å². The summed E-state index contributed by atoms with van der Waals surface area (Å²) in [6.45, 7) is 4.93. The first-order valence-electron chi connectivity index (χ1n) is 6.69. The molecule has 1 aliphatic rings. The number of benzene rings is 1. The van der Waals surface area contributed by atoms with Crippen molar-refractivity contribution < 1.29 is 13.2 Å². The van der Waals surface area contributed by atoms with E-state index in [0.717, 1.165) is 17.5 Å². The third-order valence-corrected chi connectivity index (χ3v) is 4.99. The molecule has 0 unspecified atom stereocenters. The normalized spacial score (nSPS) is 15.3. The van der Waals surface area contributed by atoms with Crippen LogP contribution in [0.4, 0.5) is 0 Å². The maximum Gasteiger partial charge on any atom is 0.240 e. The van der Waals surface area contributed by atoms with Gasteiger partial charge >= 0.3 is 0 Å². The Bertz CT molecular complexity index is 623. The van der Waals surface area contributed by atoms with Crippen molar-refractivity contribution in [3.05, 3.63) is 29.3 Å². The lowest BCUT2D eigenvalue weighted by Crippen LogP contribution is -2.38. The lowest BCUT2D eigenvalue weighted by molar-refractivity contribution is -0.135. The third-order valence-electron chi connectivity index (χ3n) is 3.57. The van der Waals surface area contributed by atoms with Crippen LogP contribution in [-0.4, -0.2) is 32.8 Å². The first-order chi connectivity index (χ1) is 9.35. The Morgan fingerprint density at radius 2 is 2.00 bits per heavy atom. The zero-order valence-corrected chi connectivity index (χ0v) is 12.8. The van der Waals surface area contributed by atoms with Gasteiger partial charge < -0.3 is 4.90 Å². The van der Waals surface area contributed by atoms with Gasteiger partial charge in [-0.15, -0.1) is 0 Å². The number of rotatable bonds is 3. The van der Waals surface area contributed by atoms with E-state index in [1.807, 2.05) is 19.9 Å². The molecule has 110 valence electrons. The second-order valence-electron chi connectivity index (χ2n) is 5.30. The van der Waals surface area contributed by atoms with Crippen molar-refractivity contribution in [3.8, 4) is 0 Å². The van der Waals surface area contributed by atoms with Crippen molar-refractivity contribution in [2.24, 2.45) is 5.92 Å². The van der Waals surface area contributed by atoms with Gasteiger partial charge in [0, 0.05) is 19.0 Å². The Hall–Kier alpha value is -1.40. The fourth-order valence-corrected chi connectivity index (χ4v) is 3.15. The lowest BCUT2D eigenvalue weighted by atomic mass is 9.99. The number of nitrogens with one attached hydrogen (secondary N) is 1. The predicted molar refractivity (Wildman–Crippen MR) is 76.6 cm³/mol. The molecule has 1 amide bonds. The first kappa shape index (κ1) is 15.0. The van der Waals surface area contributed by atoms with Crippen LogP contribution >= 0.6 is 0 Å². The molecular formula is C14H20N2O3S. The maximum atomic E-state index is 12.0. The molecule has 0 atom stereocenters. The van der Waals surface area contributed by atoms with E-state index in [0.29, 0.717) is 13.1 Å². The molecule has 1 aromatic rings. The van der Waals surface area contributed by atoms with Crippen LogP contribution in [-0.2, 0) is 27.8 Å². The summed E-state index contributed by atoms with van der Waals surface area (Å²) >= 11 is 0. The molecule has 0 saturated heterocycles. The van der Waals surface area contributed by atoms with Crippen molar-refractivity contribution in [1.82, 2.24) is 9.62 Å². The van der Waals surface area contributed by atoms with Crippen LogP contribution in [0.15, 0.2) is 23.1 Å². The number of fused-ring (bicyclic) bond motifs is 1. The van der Waals surface area contributed by atoms with E-state index in [1.165, 1.54) is 7.05 Å². The van der Waals surface area contributed by atoms with Crippen molar-refractivity contribution in [3.63, 3.8) is 0 Å². The minimum absolute atomic E-state index is 0.0410. The molecule has 1 aromatic carbocycles. The van der Waals surface area contributed by atoms with Gasteiger partial charge in [-0.3, -0.25) is 4.79 Å². The second-order valence-corrected chi connectivity index (χ2v) is 7.19. The Morgan fingerprint density at radius 1 is 1.30 bits per heavy atom. The molecule has 0 radical (unpaired) electrons. The van der Waals surface area contributed by atoms with E-state index in [4.69, 9.17) is 0 Å². The highest BCUT2D eigenvalue weighted by molar-refractivity contribution is 7.89. The van der Waals surface area contributed by atoms with Crippen LogP contribution in [0, 0.1) is 5.92 Å². The molecule has 5 nitrogen and oxygen atoms in total. The van der Waals surface area contributed by atoms with Crippen molar-refractivity contribution in [2.45, 2.75) is 31.7 Å². The SMILES string of the molecule is CNS(=O)(=O)c1ccc2c(c1)CN(C(=O)C(C)C)CC2. The van der Waals surface area contributed by atoms with E-state index in [2.05, 4.69) is 4.72 Å². The summed E-state index contributed by atoms with van der Waals surface area (Å²) in [5.74, 6) is 0.0679. The van der Waals surface area contributed by atoms with Gasteiger partial charge in [-0.25, -0.2) is 13.1 Å². The number of amides is 1. The highest BCUT2D eigenvalue weighted by Gasteiger charge is 2.24. The van der Waals surface area contributed by atoms with Gasteiger partial charge in [0.05, 0.1) is 4.90 Å². The van der Waals surface area contributed by atoms with Crippen molar-refractivity contribution in [1.29, 1.82) is 0 Å². The Labute approximate surface area is 120 Å². The smallest absolute Gasteiger partial charge is 0.240 e. The van der Waals surface area contributed by atoms with Crippen LogP contribution in [0.1, 0.15) is 25.0 Å². The molecule has 0 spiro atoms. The molecular weight excluding hydrogens is 276 g/mol. The monoisotopic (exact) mass is 296 g/mol. The van der Waals surface area contributed by atoms with Crippen LogP contribution in [0.5, 0.6) is 0 Å². The molecule has 0 bridgehead atoms. The quantitative estimate of drug-likeness (QED) is 0.909. The average Bonchev–Trinajstić information content (AvgIpc) is 2.45. The van der Waals surface area contributed by atoms with E-state index < -0.39 is 10.0 Å². The Kier molecular flexibility index (Phi) is 4.15. The zero-order valence-electron chi connectivity index (χ0n) is 12.0. The van der Waals surface area contributed by atoms with Gasteiger partial charge in [0.15, 0.2) is 0 Å². The van der Waals surface area contributed by atoms with E-state index in [-0.39, 0.29) is 16.7 Å². The summed E-state index contributed by atoms with van der Waals surface area (Å²) in [5.41, 5.74) is 2.04. The van der Waals surface area contributed by atoms with Crippen molar-refractivity contribution in [2.75, 3.05) is 13.6 Å². The third kappa shape index (κ3) is 2.86. The number of hydrogen-bond donors (Lipinski definition) is 1. The number of sulfonamides is 1. The number of carbonyl (C=O) groups is 1. The van der Waals surface area contributed by atoms with Gasteiger partial charge in [-0.05, 0) is 36.7 Å². The van der Waals surface area contributed by atoms with Gasteiger partial charge in [-0.1, -0.05) is 19.9 Å². The first-order valence-corrected chi connectivity index (χ1v) is 8.17. The van der Waals surface area contributed by atoms with Crippen molar-refractivity contribution >= 4 is 15.9 Å². The molecule has 1 aliphatic heterocycles. The number of nitrogens with zero attached hydrogens (tertiary/aromatic N) is 1. The summed E-state index contributed by atoms with van der Waals surface area (Å²) in [7, 11) is -2.05.